The number of imidazole rings is 1. The first-order valence-corrected chi connectivity index (χ1v) is 10.6. The number of anilines is 1. The van der Waals surface area contributed by atoms with Crippen molar-refractivity contribution in [3.63, 3.8) is 0 Å². The Hall–Kier alpha value is -2.13. The van der Waals surface area contributed by atoms with Crippen molar-refractivity contribution in [1.29, 1.82) is 0 Å². The highest BCUT2D eigenvalue weighted by molar-refractivity contribution is 7.53. The molecule has 2 atom stereocenters. The third-order valence-electron chi connectivity index (χ3n) is 4.46. The molecule has 2 aromatic rings. The summed E-state index contributed by atoms with van der Waals surface area (Å²) in [5.41, 5.74) is 5.27. The van der Waals surface area contributed by atoms with Crippen LogP contribution in [0.25, 0.3) is 11.2 Å². The molecule has 0 aromatic carbocycles. The number of ether oxygens (including phenoxy) is 1. The smallest absolute Gasteiger partial charge is 0.356 e. The second-order valence-electron chi connectivity index (χ2n) is 6.18. The first-order chi connectivity index (χ1) is 13.4. The molecule has 0 radical (unpaired) electrons. The van der Waals surface area contributed by atoms with Crippen LogP contribution in [-0.2, 0) is 18.3 Å². The van der Waals surface area contributed by atoms with Gasteiger partial charge in [0, 0.05) is 6.42 Å². The number of fused-ring (bicyclic) bond motifs is 1. The number of rotatable bonds is 9. The molecule has 2 N–H and O–H groups in total. The van der Waals surface area contributed by atoms with E-state index in [9.17, 15) is 8.96 Å². The summed E-state index contributed by atoms with van der Waals surface area (Å²) in [4.78, 5) is 12.3. The van der Waals surface area contributed by atoms with E-state index in [0.29, 0.717) is 11.2 Å². The van der Waals surface area contributed by atoms with Crippen molar-refractivity contribution in [2.24, 2.45) is 0 Å². The molecule has 1 aliphatic rings. The van der Waals surface area contributed by atoms with Gasteiger partial charge in [0.2, 0.25) is 0 Å². The lowest BCUT2D eigenvalue weighted by molar-refractivity contribution is 0.0162. The minimum absolute atomic E-state index is 0.177. The predicted octanol–water partition coefficient (Wildman–Crippen LogP) is 3.37. The Bertz CT molecular complexity index is 939. The van der Waals surface area contributed by atoms with Crippen LogP contribution >= 0.6 is 7.60 Å². The lowest BCUT2D eigenvalue weighted by Gasteiger charge is -2.28. The van der Waals surface area contributed by atoms with Crippen LogP contribution in [0.2, 0.25) is 0 Å². The number of aromatic nitrogens is 4. The number of nitrogens with zero attached hydrogens (tertiary/aromatic N) is 4. The molecule has 0 fully saturated rings. The van der Waals surface area contributed by atoms with Gasteiger partial charge >= 0.3 is 7.60 Å². The van der Waals surface area contributed by atoms with E-state index in [1.165, 1.54) is 24.8 Å². The summed E-state index contributed by atoms with van der Waals surface area (Å²) < 4.78 is 45.4. The van der Waals surface area contributed by atoms with Crippen LogP contribution in [-0.4, -0.2) is 44.7 Å². The standard InChI is InChI=1S/C17H23FN5O4P/c1-4-17(25-11-28(24,26-5-2)27-6-3)8-12(7-13(17)18)23-10-22-14-15(19)20-9-21-16(14)23/h4,7,9-10,12H,1,5-6,8,11H2,2-3H3,(H2,19,20,21)/t12-,17-/m0/s1. The molecular formula is C17H23FN5O4P. The van der Waals surface area contributed by atoms with Gasteiger partial charge in [-0.2, -0.15) is 0 Å². The zero-order valence-corrected chi connectivity index (χ0v) is 16.6. The molecule has 11 heteroatoms. The highest BCUT2D eigenvalue weighted by Crippen LogP contribution is 2.51. The maximum Gasteiger partial charge on any atom is 0.356 e. The van der Waals surface area contributed by atoms with E-state index in [1.54, 1.807) is 18.4 Å². The quantitative estimate of drug-likeness (QED) is 0.493. The summed E-state index contributed by atoms with van der Waals surface area (Å²) in [7, 11) is -3.50. The van der Waals surface area contributed by atoms with Gasteiger partial charge in [0.1, 0.15) is 23.3 Å². The molecule has 3 rings (SSSR count). The zero-order chi connectivity index (χ0) is 20.4. The maximum absolute atomic E-state index is 14.9. The van der Waals surface area contributed by atoms with Gasteiger partial charge < -0.3 is 24.1 Å². The molecular weight excluding hydrogens is 388 g/mol. The zero-order valence-electron chi connectivity index (χ0n) is 15.7. The summed E-state index contributed by atoms with van der Waals surface area (Å²) in [6, 6.07) is -0.448. The molecule has 28 heavy (non-hydrogen) atoms. The average molecular weight is 411 g/mol. The number of allylic oxidation sites excluding steroid dienone is 1. The number of hydrogen-bond donors (Lipinski definition) is 1. The average Bonchev–Trinajstić information content (AvgIpc) is 3.23. The van der Waals surface area contributed by atoms with Crippen molar-refractivity contribution < 1.29 is 22.7 Å². The van der Waals surface area contributed by atoms with Crippen molar-refractivity contribution >= 4 is 24.6 Å². The van der Waals surface area contributed by atoms with E-state index in [4.69, 9.17) is 19.5 Å². The molecule has 0 saturated carbocycles. The molecule has 9 nitrogen and oxygen atoms in total. The highest BCUT2D eigenvalue weighted by Gasteiger charge is 2.44. The fraction of sp³-hybridized carbons (Fsp3) is 0.471. The highest BCUT2D eigenvalue weighted by atomic mass is 31.2. The van der Waals surface area contributed by atoms with Crippen molar-refractivity contribution in [2.75, 3.05) is 25.3 Å². The molecule has 152 valence electrons. The van der Waals surface area contributed by atoms with Crippen molar-refractivity contribution in [3.05, 3.63) is 37.2 Å². The summed E-state index contributed by atoms with van der Waals surface area (Å²) >= 11 is 0. The van der Waals surface area contributed by atoms with Gasteiger partial charge in [-0.3, -0.25) is 4.57 Å². The Morgan fingerprint density at radius 2 is 2.11 bits per heavy atom. The summed E-state index contributed by atoms with van der Waals surface area (Å²) in [6.07, 6.45) is 5.37. The van der Waals surface area contributed by atoms with E-state index in [2.05, 4.69) is 21.5 Å². The number of hydrogen-bond acceptors (Lipinski definition) is 8. The second-order valence-corrected chi connectivity index (χ2v) is 8.18. The van der Waals surface area contributed by atoms with E-state index in [-0.39, 0.29) is 25.5 Å². The normalized spacial score (nSPS) is 22.5. The number of nitrogens with two attached hydrogens (primary N) is 1. The summed E-state index contributed by atoms with van der Waals surface area (Å²) in [5, 5.41) is 0. The third-order valence-corrected chi connectivity index (χ3v) is 6.21. The molecule has 0 spiro atoms. The van der Waals surface area contributed by atoms with E-state index in [0.717, 1.165) is 0 Å². The molecule has 0 unspecified atom stereocenters. The Morgan fingerprint density at radius 1 is 1.39 bits per heavy atom. The molecule has 1 aliphatic carbocycles. The lowest BCUT2D eigenvalue weighted by atomic mass is 10.0. The van der Waals surface area contributed by atoms with Gasteiger partial charge in [0.25, 0.3) is 0 Å². The number of halogens is 1. The molecule has 0 amide bonds. The number of nitrogen functional groups attached to an aromatic ring is 1. The van der Waals surface area contributed by atoms with Crippen LogP contribution in [0, 0.1) is 0 Å². The Morgan fingerprint density at radius 3 is 2.75 bits per heavy atom. The Balaban J connectivity index is 1.84. The van der Waals surface area contributed by atoms with Crippen LogP contribution < -0.4 is 5.73 Å². The SMILES string of the molecule is C=C[C@]1(OCP(=O)(OCC)OCC)C[C@@H](n2cnc3c(N)ncnc32)C=C1F. The Kier molecular flexibility index (Phi) is 5.95. The van der Waals surface area contributed by atoms with Crippen molar-refractivity contribution in [2.45, 2.75) is 31.9 Å². The van der Waals surface area contributed by atoms with E-state index < -0.39 is 31.4 Å². The van der Waals surface area contributed by atoms with Crippen molar-refractivity contribution in [1.82, 2.24) is 19.5 Å². The van der Waals surface area contributed by atoms with Crippen LogP contribution in [0.1, 0.15) is 26.3 Å². The van der Waals surface area contributed by atoms with Gasteiger partial charge in [0.15, 0.2) is 17.8 Å². The Labute approximate surface area is 161 Å². The predicted molar refractivity (Wildman–Crippen MR) is 102 cm³/mol. The maximum atomic E-state index is 14.9. The fourth-order valence-electron chi connectivity index (χ4n) is 3.14. The molecule has 0 saturated heterocycles. The van der Waals surface area contributed by atoms with Gasteiger partial charge in [0.05, 0.1) is 25.6 Å². The van der Waals surface area contributed by atoms with Crippen LogP contribution in [0.5, 0.6) is 0 Å². The fourth-order valence-corrected chi connectivity index (χ4v) is 4.53. The molecule has 2 heterocycles. The molecule has 0 aliphatic heterocycles. The van der Waals surface area contributed by atoms with Gasteiger partial charge in [-0.05, 0) is 19.9 Å². The van der Waals surface area contributed by atoms with Gasteiger partial charge in [-0.1, -0.05) is 12.7 Å². The first-order valence-electron chi connectivity index (χ1n) is 8.84. The van der Waals surface area contributed by atoms with Crippen LogP contribution in [0.3, 0.4) is 0 Å². The summed E-state index contributed by atoms with van der Waals surface area (Å²) in [5.74, 6) is -0.303. The minimum Gasteiger partial charge on any atom is -0.382 e. The van der Waals surface area contributed by atoms with Crippen LogP contribution in [0.4, 0.5) is 10.2 Å². The van der Waals surface area contributed by atoms with Gasteiger partial charge in [-0.15, -0.1) is 0 Å². The first kappa shape index (κ1) is 20.6. The second kappa shape index (κ2) is 8.08. The van der Waals surface area contributed by atoms with E-state index >= 15 is 0 Å². The van der Waals surface area contributed by atoms with Gasteiger partial charge in [-0.25, -0.2) is 19.3 Å². The van der Waals surface area contributed by atoms with E-state index in [1.807, 2.05) is 0 Å². The third kappa shape index (κ3) is 3.73. The summed E-state index contributed by atoms with van der Waals surface area (Å²) in [6.45, 7) is 7.46. The minimum atomic E-state index is -3.50. The molecule has 2 aromatic heterocycles. The van der Waals surface area contributed by atoms with Crippen LogP contribution in [0.15, 0.2) is 37.2 Å². The molecule has 0 bridgehead atoms. The lowest BCUT2D eigenvalue weighted by Crippen LogP contribution is -2.30. The monoisotopic (exact) mass is 411 g/mol. The van der Waals surface area contributed by atoms with Crippen molar-refractivity contribution in [3.8, 4) is 0 Å². The largest absolute Gasteiger partial charge is 0.382 e. The topological polar surface area (TPSA) is 114 Å².